The van der Waals surface area contributed by atoms with Crippen molar-refractivity contribution in [3.63, 3.8) is 0 Å². The Bertz CT molecular complexity index is 340. The van der Waals surface area contributed by atoms with Crippen molar-refractivity contribution in [2.24, 2.45) is 23.2 Å². The van der Waals surface area contributed by atoms with E-state index in [0.29, 0.717) is 30.6 Å². The predicted molar refractivity (Wildman–Crippen MR) is 96.3 cm³/mol. The summed E-state index contributed by atoms with van der Waals surface area (Å²) < 4.78 is 5.46. The van der Waals surface area contributed by atoms with E-state index in [1.807, 2.05) is 20.8 Å². The van der Waals surface area contributed by atoms with E-state index in [4.69, 9.17) is 4.74 Å². The minimum atomic E-state index is -0.243. The summed E-state index contributed by atoms with van der Waals surface area (Å²) in [6.07, 6.45) is 5.09. The predicted octanol–water partition coefficient (Wildman–Crippen LogP) is 5.41. The second-order valence-electron chi connectivity index (χ2n) is 8.61. The summed E-state index contributed by atoms with van der Waals surface area (Å²) in [7, 11) is 0. The highest BCUT2D eigenvalue weighted by Gasteiger charge is 2.22. The van der Waals surface area contributed by atoms with Crippen molar-refractivity contribution in [3.05, 3.63) is 0 Å². The standard InChI is InChI=1S/C20H38O3/c1-15(2)13-17(14-16(3)4)19(22)23-12-10-8-9-11-18(21)20(5,6)7/h15-17H,8-14H2,1-7H3. The second-order valence-corrected chi connectivity index (χ2v) is 8.61. The minimum Gasteiger partial charge on any atom is -0.465 e. The molecule has 0 saturated carbocycles. The van der Waals surface area contributed by atoms with Crippen LogP contribution in [0.15, 0.2) is 0 Å². The fraction of sp³-hybridized carbons (Fsp3) is 0.900. The fourth-order valence-electron chi connectivity index (χ4n) is 2.66. The van der Waals surface area contributed by atoms with Crippen molar-refractivity contribution >= 4 is 11.8 Å². The Morgan fingerprint density at radius 3 is 1.83 bits per heavy atom. The normalized spacial score (nSPS) is 12.3. The van der Waals surface area contributed by atoms with Gasteiger partial charge in [-0.1, -0.05) is 48.5 Å². The van der Waals surface area contributed by atoms with Crippen molar-refractivity contribution in [1.29, 1.82) is 0 Å². The summed E-state index contributed by atoms with van der Waals surface area (Å²) in [5.74, 6) is 1.31. The molecule has 0 aromatic heterocycles. The lowest BCUT2D eigenvalue weighted by atomic mass is 9.88. The Morgan fingerprint density at radius 2 is 1.39 bits per heavy atom. The van der Waals surface area contributed by atoms with Crippen LogP contribution in [0, 0.1) is 23.2 Å². The fourth-order valence-corrected chi connectivity index (χ4v) is 2.66. The third-order valence-electron chi connectivity index (χ3n) is 3.97. The van der Waals surface area contributed by atoms with E-state index in [0.717, 1.165) is 32.1 Å². The zero-order valence-electron chi connectivity index (χ0n) is 16.4. The first-order chi connectivity index (χ1) is 10.5. The Balaban J connectivity index is 3.97. The van der Waals surface area contributed by atoms with Crippen LogP contribution in [0.25, 0.3) is 0 Å². The van der Waals surface area contributed by atoms with Crippen LogP contribution in [0.4, 0.5) is 0 Å². The lowest BCUT2D eigenvalue weighted by Gasteiger charge is -2.19. The molecule has 136 valence electrons. The van der Waals surface area contributed by atoms with Gasteiger partial charge in [0.15, 0.2) is 0 Å². The van der Waals surface area contributed by atoms with Gasteiger partial charge in [0.1, 0.15) is 5.78 Å². The average molecular weight is 327 g/mol. The molecule has 0 aromatic rings. The molecule has 0 amide bonds. The lowest BCUT2D eigenvalue weighted by Crippen LogP contribution is -2.22. The van der Waals surface area contributed by atoms with Crippen molar-refractivity contribution in [3.8, 4) is 0 Å². The number of carbonyl (C=O) groups is 2. The van der Waals surface area contributed by atoms with Crippen LogP contribution in [0.3, 0.4) is 0 Å². The lowest BCUT2D eigenvalue weighted by molar-refractivity contribution is -0.150. The molecule has 23 heavy (non-hydrogen) atoms. The van der Waals surface area contributed by atoms with Crippen molar-refractivity contribution in [1.82, 2.24) is 0 Å². The molecule has 0 spiro atoms. The summed E-state index contributed by atoms with van der Waals surface area (Å²) in [6.45, 7) is 14.9. The van der Waals surface area contributed by atoms with Gasteiger partial charge in [0.05, 0.1) is 12.5 Å². The van der Waals surface area contributed by atoms with E-state index >= 15 is 0 Å². The van der Waals surface area contributed by atoms with Gasteiger partial charge in [-0.25, -0.2) is 0 Å². The number of ketones is 1. The maximum atomic E-state index is 12.2. The molecule has 3 nitrogen and oxygen atoms in total. The van der Waals surface area contributed by atoms with Crippen LogP contribution in [0.1, 0.15) is 87.0 Å². The van der Waals surface area contributed by atoms with Gasteiger partial charge < -0.3 is 4.74 Å². The third kappa shape index (κ3) is 11.3. The number of hydrogen-bond acceptors (Lipinski definition) is 3. The number of carbonyl (C=O) groups excluding carboxylic acids is 2. The third-order valence-corrected chi connectivity index (χ3v) is 3.97. The average Bonchev–Trinajstić information content (AvgIpc) is 2.39. The van der Waals surface area contributed by atoms with E-state index in [2.05, 4.69) is 27.7 Å². The van der Waals surface area contributed by atoms with E-state index in [1.165, 1.54) is 0 Å². The van der Waals surface area contributed by atoms with Crippen LogP contribution in [0.5, 0.6) is 0 Å². The number of rotatable bonds is 11. The highest BCUT2D eigenvalue weighted by molar-refractivity contribution is 5.83. The highest BCUT2D eigenvalue weighted by Crippen LogP contribution is 2.22. The molecule has 0 rings (SSSR count). The topological polar surface area (TPSA) is 43.4 Å². The summed E-state index contributed by atoms with van der Waals surface area (Å²) in [6, 6.07) is 0. The minimum absolute atomic E-state index is 0.0254. The smallest absolute Gasteiger partial charge is 0.308 e. The number of unbranched alkanes of at least 4 members (excludes halogenated alkanes) is 2. The van der Waals surface area contributed by atoms with Gasteiger partial charge in [-0.15, -0.1) is 0 Å². The number of esters is 1. The molecular formula is C20H38O3. The molecule has 0 fully saturated rings. The van der Waals surface area contributed by atoms with Gasteiger partial charge in [-0.3, -0.25) is 9.59 Å². The maximum Gasteiger partial charge on any atom is 0.308 e. The maximum absolute atomic E-state index is 12.2. The quantitative estimate of drug-likeness (QED) is 0.376. The van der Waals surface area contributed by atoms with Crippen LogP contribution in [0.2, 0.25) is 0 Å². The number of hydrogen-bond donors (Lipinski definition) is 0. The SMILES string of the molecule is CC(C)CC(CC(C)C)C(=O)OCCCCCC(=O)C(C)(C)C. The molecular weight excluding hydrogens is 288 g/mol. The summed E-state index contributed by atoms with van der Waals surface area (Å²) in [5, 5.41) is 0. The molecule has 0 aliphatic heterocycles. The molecule has 0 radical (unpaired) electrons. The van der Waals surface area contributed by atoms with Gasteiger partial charge in [0, 0.05) is 11.8 Å². The van der Waals surface area contributed by atoms with Crippen LogP contribution in [-0.4, -0.2) is 18.4 Å². The zero-order chi connectivity index (χ0) is 18.0. The number of Topliss-reactive ketones (excluding diaryl/α,β-unsaturated/α-hetero) is 1. The first-order valence-electron chi connectivity index (χ1n) is 9.24. The molecule has 0 heterocycles. The monoisotopic (exact) mass is 326 g/mol. The van der Waals surface area contributed by atoms with Gasteiger partial charge in [-0.2, -0.15) is 0 Å². The Hall–Kier alpha value is -0.860. The largest absolute Gasteiger partial charge is 0.465 e. The van der Waals surface area contributed by atoms with Crippen molar-refractivity contribution in [2.45, 2.75) is 87.0 Å². The van der Waals surface area contributed by atoms with Gasteiger partial charge in [0.25, 0.3) is 0 Å². The molecule has 0 aliphatic rings. The summed E-state index contributed by atoms with van der Waals surface area (Å²) in [5.41, 5.74) is -0.243. The van der Waals surface area contributed by atoms with Crippen molar-refractivity contribution in [2.75, 3.05) is 6.61 Å². The Morgan fingerprint density at radius 1 is 0.870 bits per heavy atom. The molecule has 0 aromatic carbocycles. The zero-order valence-corrected chi connectivity index (χ0v) is 16.4. The molecule has 0 saturated heterocycles. The second kappa shape index (κ2) is 10.8. The molecule has 0 N–H and O–H groups in total. The van der Waals surface area contributed by atoms with Gasteiger partial charge in [-0.05, 0) is 43.9 Å². The van der Waals surface area contributed by atoms with Crippen LogP contribution >= 0.6 is 0 Å². The first-order valence-corrected chi connectivity index (χ1v) is 9.24. The Kier molecular flexibility index (Phi) is 10.4. The Labute approximate surface area is 143 Å². The number of ether oxygens (including phenoxy) is 1. The van der Waals surface area contributed by atoms with Gasteiger partial charge in [0.2, 0.25) is 0 Å². The molecule has 0 atom stereocenters. The molecule has 3 heteroatoms. The van der Waals surface area contributed by atoms with E-state index in [1.54, 1.807) is 0 Å². The molecule has 0 bridgehead atoms. The van der Waals surface area contributed by atoms with E-state index in [-0.39, 0.29) is 17.3 Å². The summed E-state index contributed by atoms with van der Waals surface area (Å²) in [4.78, 5) is 24.0. The van der Waals surface area contributed by atoms with E-state index in [9.17, 15) is 9.59 Å². The summed E-state index contributed by atoms with van der Waals surface area (Å²) >= 11 is 0. The van der Waals surface area contributed by atoms with Crippen LogP contribution in [-0.2, 0) is 14.3 Å². The highest BCUT2D eigenvalue weighted by atomic mass is 16.5. The van der Waals surface area contributed by atoms with E-state index < -0.39 is 0 Å². The van der Waals surface area contributed by atoms with Gasteiger partial charge >= 0.3 is 5.97 Å². The van der Waals surface area contributed by atoms with Crippen LogP contribution < -0.4 is 0 Å². The molecule has 0 aliphatic carbocycles. The first kappa shape index (κ1) is 22.1. The molecule has 0 unspecified atom stereocenters. The van der Waals surface area contributed by atoms with Crippen molar-refractivity contribution < 1.29 is 14.3 Å².